The van der Waals surface area contributed by atoms with Crippen LogP contribution in [0, 0.1) is 0 Å². The van der Waals surface area contributed by atoms with E-state index in [4.69, 9.17) is 5.73 Å². The van der Waals surface area contributed by atoms with Crippen molar-refractivity contribution >= 4 is 31.6 Å². The zero-order chi connectivity index (χ0) is 14.9. The van der Waals surface area contributed by atoms with E-state index in [0.717, 1.165) is 25.9 Å². The minimum Gasteiger partial charge on any atom is -0.398 e. The molecule has 0 unspecified atom stereocenters. The molecule has 1 saturated heterocycles. The van der Waals surface area contributed by atoms with E-state index in [1.807, 2.05) is 0 Å². The van der Waals surface area contributed by atoms with Crippen LogP contribution in [0.5, 0.6) is 0 Å². The van der Waals surface area contributed by atoms with Gasteiger partial charge in [-0.25, -0.2) is 8.42 Å². The average Bonchev–Trinajstić information content (AvgIpc) is 2.41. The third kappa shape index (κ3) is 3.16. The second kappa shape index (κ2) is 6.01. The van der Waals surface area contributed by atoms with Gasteiger partial charge in [-0.1, -0.05) is 0 Å². The van der Waals surface area contributed by atoms with Crippen LogP contribution >= 0.6 is 15.9 Å². The van der Waals surface area contributed by atoms with Gasteiger partial charge in [0.1, 0.15) is 0 Å². The molecule has 0 atom stereocenters. The van der Waals surface area contributed by atoms with Crippen LogP contribution in [0.25, 0.3) is 0 Å². The minimum atomic E-state index is -3.47. The molecule has 0 aromatic heterocycles. The monoisotopic (exact) mass is 361 g/mol. The van der Waals surface area contributed by atoms with Crippen molar-refractivity contribution in [3.05, 3.63) is 22.7 Å². The summed E-state index contributed by atoms with van der Waals surface area (Å²) in [6.45, 7) is 1.85. The summed E-state index contributed by atoms with van der Waals surface area (Å²) in [5.41, 5.74) is 6.24. The van der Waals surface area contributed by atoms with Gasteiger partial charge in [0.15, 0.2) is 0 Å². The van der Waals surface area contributed by atoms with E-state index >= 15 is 0 Å². The van der Waals surface area contributed by atoms with Crippen LogP contribution in [0.4, 0.5) is 5.69 Å². The molecule has 1 heterocycles. The Morgan fingerprint density at radius 2 is 1.95 bits per heavy atom. The fourth-order valence-corrected chi connectivity index (χ4v) is 4.36. The number of piperidine rings is 1. The molecule has 0 amide bonds. The third-order valence-corrected chi connectivity index (χ3v) is 6.44. The SMILES string of the molecule is CN1CCC(N(C)S(=O)(=O)c2ccc(N)c(Br)c2)CC1. The van der Waals surface area contributed by atoms with Gasteiger partial charge in [0.25, 0.3) is 0 Å². The second-order valence-electron chi connectivity index (χ2n) is 5.24. The number of likely N-dealkylation sites (tertiary alicyclic amines) is 1. The Labute approximate surface area is 128 Å². The van der Waals surface area contributed by atoms with Gasteiger partial charge in [-0.2, -0.15) is 4.31 Å². The Bertz CT molecular complexity index is 583. The van der Waals surface area contributed by atoms with Gasteiger partial charge >= 0.3 is 0 Å². The van der Waals surface area contributed by atoms with Gasteiger partial charge < -0.3 is 10.6 Å². The number of sulfonamides is 1. The molecule has 1 aliphatic heterocycles. The summed E-state index contributed by atoms with van der Waals surface area (Å²) in [6.07, 6.45) is 1.73. The number of nitrogens with two attached hydrogens (primary N) is 1. The number of rotatable bonds is 3. The first-order valence-corrected chi connectivity index (χ1v) is 8.77. The highest BCUT2D eigenvalue weighted by Crippen LogP contribution is 2.27. The van der Waals surface area contributed by atoms with E-state index < -0.39 is 10.0 Å². The van der Waals surface area contributed by atoms with E-state index in [1.54, 1.807) is 25.2 Å². The van der Waals surface area contributed by atoms with Crippen LogP contribution in [-0.2, 0) is 10.0 Å². The standard InChI is InChI=1S/C13H20BrN3O2S/c1-16-7-5-10(6-8-16)17(2)20(18,19)11-3-4-13(15)12(14)9-11/h3-4,9-10H,5-8,15H2,1-2H3. The molecule has 7 heteroatoms. The fourth-order valence-electron chi connectivity index (χ4n) is 2.39. The summed E-state index contributed by atoms with van der Waals surface area (Å²) in [7, 11) is 0.254. The first-order valence-electron chi connectivity index (χ1n) is 6.54. The molecule has 1 aromatic rings. The maximum atomic E-state index is 12.6. The van der Waals surface area contributed by atoms with Crippen LogP contribution in [-0.4, -0.2) is 50.8 Å². The van der Waals surface area contributed by atoms with Crippen molar-refractivity contribution in [2.24, 2.45) is 0 Å². The summed E-state index contributed by atoms with van der Waals surface area (Å²) in [5.74, 6) is 0. The van der Waals surface area contributed by atoms with Crippen molar-refractivity contribution in [1.82, 2.24) is 9.21 Å². The number of anilines is 1. The first kappa shape index (κ1) is 15.8. The predicted molar refractivity (Wildman–Crippen MR) is 84.0 cm³/mol. The molecule has 2 N–H and O–H groups in total. The van der Waals surface area contributed by atoms with Crippen molar-refractivity contribution in [3.8, 4) is 0 Å². The number of hydrogen-bond acceptors (Lipinski definition) is 4. The van der Waals surface area contributed by atoms with Crippen LogP contribution in [0.1, 0.15) is 12.8 Å². The predicted octanol–water partition coefficient (Wildman–Crippen LogP) is 1.75. The Balaban J connectivity index is 2.23. The topological polar surface area (TPSA) is 66.6 Å². The summed E-state index contributed by atoms with van der Waals surface area (Å²) in [5, 5.41) is 0. The van der Waals surface area contributed by atoms with E-state index in [-0.39, 0.29) is 10.9 Å². The van der Waals surface area contributed by atoms with Gasteiger partial charge in [-0.15, -0.1) is 0 Å². The highest BCUT2D eigenvalue weighted by atomic mass is 79.9. The Hall–Kier alpha value is -0.630. The van der Waals surface area contributed by atoms with Crippen LogP contribution < -0.4 is 5.73 Å². The van der Waals surface area contributed by atoms with Crippen molar-refractivity contribution in [3.63, 3.8) is 0 Å². The van der Waals surface area contributed by atoms with E-state index in [2.05, 4.69) is 27.9 Å². The molecule has 2 rings (SSSR count). The molecular formula is C13H20BrN3O2S. The van der Waals surface area contributed by atoms with Crippen LogP contribution in [0.15, 0.2) is 27.6 Å². The summed E-state index contributed by atoms with van der Waals surface area (Å²) >= 11 is 3.28. The largest absolute Gasteiger partial charge is 0.398 e. The van der Waals surface area contributed by atoms with Crippen molar-refractivity contribution < 1.29 is 8.42 Å². The van der Waals surface area contributed by atoms with Gasteiger partial charge in [-0.3, -0.25) is 0 Å². The summed E-state index contributed by atoms with van der Waals surface area (Å²) in [6, 6.07) is 4.80. The van der Waals surface area contributed by atoms with Crippen LogP contribution in [0.2, 0.25) is 0 Å². The minimum absolute atomic E-state index is 0.0625. The number of nitrogen functional groups attached to an aromatic ring is 1. The fraction of sp³-hybridized carbons (Fsp3) is 0.538. The number of nitrogens with zero attached hydrogens (tertiary/aromatic N) is 2. The molecule has 1 aromatic carbocycles. The number of benzene rings is 1. The molecule has 0 bridgehead atoms. The van der Waals surface area contributed by atoms with Gasteiger partial charge in [0, 0.05) is 23.2 Å². The van der Waals surface area contributed by atoms with Gasteiger partial charge in [-0.05, 0) is 67.1 Å². The molecular weight excluding hydrogens is 342 g/mol. The zero-order valence-corrected chi connectivity index (χ0v) is 14.1. The molecule has 0 aliphatic carbocycles. The second-order valence-corrected chi connectivity index (χ2v) is 8.09. The lowest BCUT2D eigenvalue weighted by molar-refractivity contribution is 0.197. The highest BCUT2D eigenvalue weighted by molar-refractivity contribution is 9.10. The molecule has 20 heavy (non-hydrogen) atoms. The molecule has 5 nitrogen and oxygen atoms in total. The first-order chi connectivity index (χ1) is 9.32. The number of halogens is 1. The smallest absolute Gasteiger partial charge is 0.243 e. The van der Waals surface area contributed by atoms with Crippen molar-refractivity contribution in [2.75, 3.05) is 32.9 Å². The Kier molecular flexibility index (Phi) is 4.73. The Morgan fingerprint density at radius 1 is 1.35 bits per heavy atom. The number of hydrogen-bond donors (Lipinski definition) is 1. The van der Waals surface area contributed by atoms with E-state index in [0.29, 0.717) is 10.2 Å². The highest BCUT2D eigenvalue weighted by Gasteiger charge is 2.30. The average molecular weight is 362 g/mol. The molecule has 0 radical (unpaired) electrons. The van der Waals surface area contributed by atoms with Gasteiger partial charge in [0.2, 0.25) is 10.0 Å². The lowest BCUT2D eigenvalue weighted by Crippen LogP contribution is -2.44. The van der Waals surface area contributed by atoms with E-state index in [9.17, 15) is 8.42 Å². The van der Waals surface area contributed by atoms with Crippen LogP contribution in [0.3, 0.4) is 0 Å². The maximum Gasteiger partial charge on any atom is 0.243 e. The van der Waals surface area contributed by atoms with E-state index in [1.165, 1.54) is 4.31 Å². The molecule has 0 saturated carbocycles. The quantitative estimate of drug-likeness (QED) is 0.832. The normalized spacial score (nSPS) is 18.6. The molecule has 112 valence electrons. The van der Waals surface area contributed by atoms with Crippen molar-refractivity contribution in [1.29, 1.82) is 0 Å². The van der Waals surface area contributed by atoms with Gasteiger partial charge in [0.05, 0.1) is 4.90 Å². The zero-order valence-electron chi connectivity index (χ0n) is 11.7. The molecule has 1 aliphatic rings. The lowest BCUT2D eigenvalue weighted by atomic mass is 10.1. The molecule has 1 fully saturated rings. The lowest BCUT2D eigenvalue weighted by Gasteiger charge is -2.34. The van der Waals surface area contributed by atoms with Crippen molar-refractivity contribution in [2.45, 2.75) is 23.8 Å². The summed E-state index contributed by atoms with van der Waals surface area (Å²) in [4.78, 5) is 2.50. The maximum absolute atomic E-state index is 12.6. The Morgan fingerprint density at radius 3 is 2.50 bits per heavy atom. The molecule has 0 spiro atoms. The third-order valence-electron chi connectivity index (χ3n) is 3.85. The summed E-state index contributed by atoms with van der Waals surface area (Å²) < 4.78 is 27.4.